The topological polar surface area (TPSA) is 119 Å². The molecule has 0 saturated carbocycles. The summed E-state index contributed by atoms with van der Waals surface area (Å²) in [7, 11) is 0. The van der Waals surface area contributed by atoms with Crippen molar-refractivity contribution < 1.29 is 9.90 Å². The molecule has 5 rings (SSSR count). The number of rotatable bonds is 8. The first-order chi connectivity index (χ1) is 18.6. The van der Waals surface area contributed by atoms with Gasteiger partial charge < -0.3 is 20.6 Å². The van der Waals surface area contributed by atoms with E-state index in [4.69, 9.17) is 16.6 Å². The predicted octanol–water partition coefficient (Wildman–Crippen LogP) is 3.70. The van der Waals surface area contributed by atoms with Gasteiger partial charge in [-0.25, -0.2) is 4.98 Å². The van der Waals surface area contributed by atoms with E-state index in [1.807, 2.05) is 42.5 Å². The van der Waals surface area contributed by atoms with Gasteiger partial charge in [0.05, 0.1) is 12.2 Å². The Morgan fingerprint density at radius 2 is 1.68 bits per heavy atom. The lowest BCUT2D eigenvalue weighted by Gasteiger charge is -2.34. The number of aromatic nitrogens is 4. The number of anilines is 4. The van der Waals surface area contributed by atoms with Gasteiger partial charge in [-0.05, 0) is 48.5 Å². The number of amides is 1. The maximum absolute atomic E-state index is 12.6. The van der Waals surface area contributed by atoms with E-state index in [0.717, 1.165) is 31.7 Å². The molecule has 1 aliphatic heterocycles. The smallest absolute Gasteiger partial charge is 0.257 e. The minimum atomic E-state index is -0.247. The first-order valence-electron chi connectivity index (χ1n) is 12.3. The minimum absolute atomic E-state index is 0.139. The van der Waals surface area contributed by atoms with Gasteiger partial charge in [0.2, 0.25) is 11.9 Å². The van der Waals surface area contributed by atoms with Gasteiger partial charge in [-0.3, -0.25) is 9.69 Å². The fourth-order valence-corrected chi connectivity index (χ4v) is 4.17. The van der Waals surface area contributed by atoms with Crippen molar-refractivity contribution in [3.63, 3.8) is 0 Å². The van der Waals surface area contributed by atoms with Gasteiger partial charge in [0.1, 0.15) is 5.82 Å². The molecule has 2 aromatic heterocycles. The molecule has 194 valence electrons. The zero-order valence-corrected chi connectivity index (χ0v) is 21.3. The summed E-state index contributed by atoms with van der Waals surface area (Å²) in [6.45, 7) is 3.86. The van der Waals surface area contributed by atoms with Crippen molar-refractivity contribution in [1.29, 1.82) is 0 Å². The Kier molecular flexibility index (Phi) is 8.03. The van der Waals surface area contributed by atoms with E-state index >= 15 is 0 Å². The van der Waals surface area contributed by atoms with Crippen LogP contribution >= 0.6 is 11.6 Å². The number of carbonyl (C=O) groups excluding carboxylic acids is 1. The van der Waals surface area contributed by atoms with Crippen molar-refractivity contribution >= 4 is 40.9 Å². The molecule has 1 aliphatic rings. The highest BCUT2D eigenvalue weighted by atomic mass is 35.5. The number of nitrogens with one attached hydrogen (secondary N) is 2. The van der Waals surface area contributed by atoms with Crippen molar-refractivity contribution in [2.45, 2.75) is 0 Å². The van der Waals surface area contributed by atoms with Gasteiger partial charge in [0.25, 0.3) is 5.91 Å². The van der Waals surface area contributed by atoms with Gasteiger partial charge in [-0.15, -0.1) is 0 Å². The second-order valence-electron chi connectivity index (χ2n) is 8.72. The summed E-state index contributed by atoms with van der Waals surface area (Å²) in [6.07, 6.45) is 1.50. The van der Waals surface area contributed by atoms with Crippen LogP contribution in [0.1, 0.15) is 10.4 Å². The fraction of sp³-hybridized carbons (Fsp3) is 0.222. The number of benzene rings is 2. The minimum Gasteiger partial charge on any atom is -0.395 e. The second-order valence-corrected chi connectivity index (χ2v) is 9.16. The fourth-order valence-electron chi connectivity index (χ4n) is 4.04. The van der Waals surface area contributed by atoms with Crippen molar-refractivity contribution in [3.05, 3.63) is 83.5 Å². The Labute approximate surface area is 225 Å². The Morgan fingerprint density at radius 1 is 0.921 bits per heavy atom. The molecular formula is C27H27ClN8O2. The zero-order valence-electron chi connectivity index (χ0n) is 20.6. The van der Waals surface area contributed by atoms with Crippen LogP contribution in [0.4, 0.5) is 23.4 Å². The summed E-state index contributed by atoms with van der Waals surface area (Å²) in [6, 6.07) is 20.0. The molecule has 4 aromatic rings. The molecule has 0 spiro atoms. The predicted molar refractivity (Wildman–Crippen MR) is 148 cm³/mol. The molecule has 38 heavy (non-hydrogen) atoms. The van der Waals surface area contributed by atoms with Crippen molar-refractivity contribution in [2.24, 2.45) is 0 Å². The molecule has 3 N–H and O–H groups in total. The van der Waals surface area contributed by atoms with E-state index < -0.39 is 0 Å². The van der Waals surface area contributed by atoms with Crippen molar-refractivity contribution in [2.75, 3.05) is 54.9 Å². The highest BCUT2D eigenvalue weighted by molar-refractivity contribution is 6.30. The van der Waals surface area contributed by atoms with Crippen LogP contribution in [0, 0.1) is 0 Å². The van der Waals surface area contributed by atoms with E-state index in [1.165, 1.54) is 6.20 Å². The molecule has 2 aromatic carbocycles. The molecule has 1 fully saturated rings. The maximum atomic E-state index is 12.6. The molecule has 0 aliphatic carbocycles. The van der Waals surface area contributed by atoms with E-state index in [1.54, 1.807) is 24.3 Å². The van der Waals surface area contributed by atoms with Crippen LogP contribution in [0.2, 0.25) is 5.02 Å². The van der Waals surface area contributed by atoms with Crippen LogP contribution in [-0.4, -0.2) is 75.2 Å². The molecule has 1 amide bonds. The van der Waals surface area contributed by atoms with E-state index in [0.29, 0.717) is 46.4 Å². The first-order valence-corrected chi connectivity index (χ1v) is 12.6. The number of pyridine rings is 1. The van der Waals surface area contributed by atoms with E-state index in [2.05, 4.69) is 35.4 Å². The number of hydrogen-bond donors (Lipinski definition) is 3. The summed E-state index contributed by atoms with van der Waals surface area (Å²) in [5.74, 6) is 1.64. The first kappa shape index (κ1) is 25.5. The Hall–Kier alpha value is -4.12. The molecule has 3 heterocycles. The van der Waals surface area contributed by atoms with Gasteiger partial charge in [0, 0.05) is 55.2 Å². The third-order valence-electron chi connectivity index (χ3n) is 6.09. The number of hydrogen-bond acceptors (Lipinski definition) is 9. The normalized spacial score (nSPS) is 13.8. The molecule has 10 nitrogen and oxygen atoms in total. The number of para-hydroxylation sites is 1. The van der Waals surface area contributed by atoms with Crippen LogP contribution < -0.4 is 15.5 Å². The van der Waals surface area contributed by atoms with E-state index in [-0.39, 0.29) is 12.5 Å². The highest BCUT2D eigenvalue weighted by Crippen LogP contribution is 2.23. The van der Waals surface area contributed by atoms with Gasteiger partial charge in [0.15, 0.2) is 5.82 Å². The number of aliphatic hydroxyl groups excluding tert-OH is 1. The van der Waals surface area contributed by atoms with Crippen LogP contribution in [-0.2, 0) is 0 Å². The number of halogens is 1. The lowest BCUT2D eigenvalue weighted by Crippen LogP contribution is -2.47. The number of nitrogens with zero attached hydrogens (tertiary/aromatic N) is 6. The monoisotopic (exact) mass is 530 g/mol. The summed E-state index contributed by atoms with van der Waals surface area (Å²) >= 11 is 6.08. The van der Waals surface area contributed by atoms with Gasteiger partial charge in [-0.1, -0.05) is 29.8 Å². The average Bonchev–Trinajstić information content (AvgIpc) is 2.95. The summed E-state index contributed by atoms with van der Waals surface area (Å²) in [5.41, 5.74) is 1.95. The maximum Gasteiger partial charge on any atom is 0.257 e. The molecule has 0 bridgehead atoms. The van der Waals surface area contributed by atoms with Gasteiger partial charge >= 0.3 is 0 Å². The number of carbonyl (C=O) groups is 1. The van der Waals surface area contributed by atoms with Crippen LogP contribution in [0.5, 0.6) is 0 Å². The zero-order chi connectivity index (χ0) is 26.3. The van der Waals surface area contributed by atoms with Crippen LogP contribution in [0.15, 0.2) is 72.9 Å². The number of aliphatic hydroxyl groups is 1. The Balaban J connectivity index is 1.36. The Morgan fingerprint density at radius 3 is 2.37 bits per heavy atom. The molecule has 0 atom stereocenters. The third-order valence-corrected chi connectivity index (χ3v) is 6.35. The lowest BCUT2D eigenvalue weighted by atomic mass is 10.2. The molecule has 0 unspecified atom stereocenters. The largest absolute Gasteiger partial charge is 0.395 e. The summed E-state index contributed by atoms with van der Waals surface area (Å²) in [5, 5.41) is 15.9. The van der Waals surface area contributed by atoms with Crippen LogP contribution in [0.3, 0.4) is 0 Å². The summed E-state index contributed by atoms with van der Waals surface area (Å²) < 4.78 is 0. The standard InChI is InChI=1S/C27H27ClN8O2/c28-21-9-6-19(7-10-21)24-32-26(34-27(33-24)36-14-12-35(13-15-36)16-17-37)31-23-11-8-20(18-29-23)25(38)30-22-4-2-1-3-5-22/h1-11,18,37H,12-17H2,(H,30,38)(H,29,31,32,33,34). The molecule has 11 heteroatoms. The van der Waals surface area contributed by atoms with Crippen LogP contribution in [0.25, 0.3) is 11.4 Å². The van der Waals surface area contributed by atoms with E-state index in [9.17, 15) is 9.90 Å². The quantitative estimate of drug-likeness (QED) is 0.313. The highest BCUT2D eigenvalue weighted by Gasteiger charge is 2.21. The number of β-amino-alcohol motifs (C(OH)–C–C–N with tert-alkyl or cyclic N) is 1. The van der Waals surface area contributed by atoms with Crippen molar-refractivity contribution in [1.82, 2.24) is 24.8 Å². The van der Waals surface area contributed by atoms with Gasteiger partial charge in [-0.2, -0.15) is 15.0 Å². The summed E-state index contributed by atoms with van der Waals surface area (Å²) in [4.78, 5) is 35.3. The molecule has 0 radical (unpaired) electrons. The van der Waals surface area contributed by atoms with Crippen molar-refractivity contribution in [3.8, 4) is 11.4 Å². The Bertz CT molecular complexity index is 1360. The lowest BCUT2D eigenvalue weighted by molar-refractivity contribution is 0.102. The average molecular weight is 531 g/mol. The third kappa shape index (κ3) is 6.41. The molecular weight excluding hydrogens is 504 g/mol. The number of piperazine rings is 1. The SMILES string of the molecule is O=C(Nc1ccccc1)c1ccc(Nc2nc(-c3ccc(Cl)cc3)nc(N3CCN(CCO)CC3)n2)nc1. The molecule has 1 saturated heterocycles. The second kappa shape index (κ2) is 12.0.